The van der Waals surface area contributed by atoms with Crippen LogP contribution in [-0.2, 0) is 4.79 Å². The molecule has 3 aromatic rings. The molecule has 0 fully saturated rings. The van der Waals surface area contributed by atoms with Gasteiger partial charge in [-0.1, -0.05) is 24.8 Å². The van der Waals surface area contributed by atoms with E-state index >= 15 is 0 Å². The molecule has 7 heteroatoms. The van der Waals surface area contributed by atoms with Crippen molar-refractivity contribution >= 4 is 29.1 Å². The molecule has 1 N–H and O–H groups in total. The number of carbonyl (C=O) groups is 2. The smallest absolute Gasteiger partial charge is 0.277 e. The summed E-state index contributed by atoms with van der Waals surface area (Å²) in [6.07, 6.45) is 0.408. The minimum absolute atomic E-state index is 0.0516. The van der Waals surface area contributed by atoms with E-state index in [-0.39, 0.29) is 17.4 Å². The number of Topliss-reactive ketones (excluding diaryl/α,β-unsaturated/α-hetero) is 1. The Morgan fingerprint density at radius 3 is 2.46 bits per heavy atom. The number of benzene rings is 2. The minimum Gasteiger partial charge on any atom is -0.411 e. The Balaban J connectivity index is 1.59. The normalized spacial score (nSPS) is 10.7. The van der Waals surface area contributed by atoms with Gasteiger partial charge in [0, 0.05) is 23.2 Å². The van der Waals surface area contributed by atoms with E-state index in [1.54, 1.807) is 31.2 Å². The Morgan fingerprint density at radius 1 is 1.04 bits per heavy atom. The summed E-state index contributed by atoms with van der Waals surface area (Å²) in [5.74, 6) is 0.513. The number of hydrogen-bond acceptors (Lipinski definition) is 6. The van der Waals surface area contributed by atoms with E-state index in [1.165, 1.54) is 17.3 Å². The molecule has 0 radical (unpaired) electrons. The van der Waals surface area contributed by atoms with Gasteiger partial charge in [-0.2, -0.15) is 0 Å². The van der Waals surface area contributed by atoms with Crippen LogP contribution < -0.4 is 5.32 Å². The first kappa shape index (κ1) is 19.8. The molecule has 0 spiro atoms. The van der Waals surface area contributed by atoms with Gasteiger partial charge >= 0.3 is 0 Å². The number of thioether (sulfide) groups is 1. The Morgan fingerprint density at radius 2 is 1.79 bits per heavy atom. The van der Waals surface area contributed by atoms with Gasteiger partial charge < -0.3 is 9.73 Å². The quantitative estimate of drug-likeness (QED) is 0.462. The standard InChI is InChI=1S/C21H21N3O3S/c1-4-19(26)22-17-9-7-15(8-10-17)18(25)12-28-21-24-23-20(27-21)16-6-5-13(2)14(3)11-16/h5-11H,4,12H2,1-3H3,(H,22,26). The van der Waals surface area contributed by atoms with Crippen LogP contribution in [0.3, 0.4) is 0 Å². The second-order valence-electron chi connectivity index (χ2n) is 6.36. The van der Waals surface area contributed by atoms with Gasteiger partial charge in [0.1, 0.15) is 0 Å². The first-order chi connectivity index (χ1) is 13.5. The molecule has 6 nitrogen and oxygen atoms in total. The van der Waals surface area contributed by atoms with Gasteiger partial charge in [-0.25, -0.2) is 0 Å². The molecule has 2 aromatic carbocycles. The summed E-state index contributed by atoms with van der Waals surface area (Å²) < 4.78 is 5.67. The highest BCUT2D eigenvalue weighted by Crippen LogP contribution is 2.25. The van der Waals surface area contributed by atoms with Crippen LogP contribution in [0.2, 0.25) is 0 Å². The molecule has 0 saturated heterocycles. The number of hydrogen-bond donors (Lipinski definition) is 1. The lowest BCUT2D eigenvalue weighted by Gasteiger charge is -2.04. The van der Waals surface area contributed by atoms with E-state index < -0.39 is 0 Å². The van der Waals surface area contributed by atoms with E-state index in [2.05, 4.69) is 15.5 Å². The van der Waals surface area contributed by atoms with Crippen LogP contribution in [0.5, 0.6) is 0 Å². The number of ketones is 1. The van der Waals surface area contributed by atoms with E-state index in [4.69, 9.17) is 4.42 Å². The van der Waals surface area contributed by atoms with E-state index in [0.717, 1.165) is 11.1 Å². The molecule has 0 bridgehead atoms. The van der Waals surface area contributed by atoms with E-state index in [9.17, 15) is 9.59 Å². The van der Waals surface area contributed by atoms with Crippen molar-refractivity contribution in [2.24, 2.45) is 0 Å². The van der Waals surface area contributed by atoms with Crippen LogP contribution >= 0.6 is 11.8 Å². The molecule has 28 heavy (non-hydrogen) atoms. The third kappa shape index (κ3) is 4.86. The Kier molecular flexibility index (Phi) is 6.26. The van der Waals surface area contributed by atoms with Crippen LogP contribution in [0.25, 0.3) is 11.5 Å². The third-order valence-corrected chi connectivity index (χ3v) is 5.12. The molecule has 0 aliphatic rings. The molecule has 144 valence electrons. The largest absolute Gasteiger partial charge is 0.411 e. The maximum Gasteiger partial charge on any atom is 0.277 e. The molecule has 1 heterocycles. The predicted octanol–water partition coefficient (Wildman–Crippen LogP) is 4.68. The number of amides is 1. The molecule has 0 aliphatic carbocycles. The SMILES string of the molecule is CCC(=O)Nc1ccc(C(=O)CSc2nnc(-c3ccc(C)c(C)c3)o2)cc1. The van der Waals surface area contributed by atoms with Crippen molar-refractivity contribution < 1.29 is 14.0 Å². The fourth-order valence-corrected chi connectivity index (χ4v) is 3.12. The first-order valence-electron chi connectivity index (χ1n) is 8.93. The summed E-state index contributed by atoms with van der Waals surface area (Å²) in [6.45, 7) is 5.86. The number of aromatic nitrogens is 2. The summed E-state index contributed by atoms with van der Waals surface area (Å²) in [7, 11) is 0. The highest BCUT2D eigenvalue weighted by Gasteiger charge is 2.13. The summed E-state index contributed by atoms with van der Waals surface area (Å²) in [5.41, 5.74) is 4.45. The zero-order valence-electron chi connectivity index (χ0n) is 16.0. The van der Waals surface area contributed by atoms with Gasteiger partial charge in [-0.15, -0.1) is 10.2 Å². The van der Waals surface area contributed by atoms with Gasteiger partial charge in [0.15, 0.2) is 5.78 Å². The monoisotopic (exact) mass is 395 g/mol. The van der Waals surface area contributed by atoms with Crippen molar-refractivity contribution in [2.75, 3.05) is 11.1 Å². The Labute approximate surface area is 167 Å². The predicted molar refractivity (Wildman–Crippen MR) is 110 cm³/mol. The van der Waals surface area contributed by atoms with Crippen molar-refractivity contribution in [1.82, 2.24) is 10.2 Å². The maximum atomic E-state index is 12.4. The lowest BCUT2D eigenvalue weighted by atomic mass is 10.1. The molecule has 0 atom stereocenters. The number of anilines is 1. The third-order valence-electron chi connectivity index (χ3n) is 4.30. The molecule has 0 unspecified atom stereocenters. The zero-order valence-corrected chi connectivity index (χ0v) is 16.8. The first-order valence-corrected chi connectivity index (χ1v) is 9.92. The second-order valence-corrected chi connectivity index (χ2v) is 7.29. The molecule has 1 amide bonds. The topological polar surface area (TPSA) is 85.1 Å². The fourth-order valence-electron chi connectivity index (χ4n) is 2.46. The number of nitrogens with one attached hydrogen (secondary N) is 1. The molecule has 0 aliphatic heterocycles. The van der Waals surface area contributed by atoms with Crippen molar-refractivity contribution in [3.8, 4) is 11.5 Å². The van der Waals surface area contributed by atoms with Gasteiger partial charge in [0.05, 0.1) is 5.75 Å². The van der Waals surface area contributed by atoms with E-state index in [0.29, 0.717) is 28.8 Å². The number of rotatable bonds is 7. The average Bonchev–Trinajstić information content (AvgIpc) is 3.17. The number of carbonyl (C=O) groups excluding carboxylic acids is 2. The van der Waals surface area contributed by atoms with Gasteiger partial charge in [-0.05, 0) is 61.4 Å². The number of nitrogens with zero attached hydrogens (tertiary/aromatic N) is 2. The van der Waals surface area contributed by atoms with Crippen molar-refractivity contribution in [3.05, 3.63) is 59.2 Å². The molecule has 3 rings (SSSR count). The van der Waals surface area contributed by atoms with E-state index in [1.807, 2.05) is 32.0 Å². The van der Waals surface area contributed by atoms with Crippen LogP contribution in [0.4, 0.5) is 5.69 Å². The van der Waals surface area contributed by atoms with Gasteiger partial charge in [0.25, 0.3) is 5.22 Å². The van der Waals surface area contributed by atoms with Crippen molar-refractivity contribution in [2.45, 2.75) is 32.4 Å². The fraction of sp³-hybridized carbons (Fsp3) is 0.238. The molecule has 0 saturated carbocycles. The molecular weight excluding hydrogens is 374 g/mol. The Hall–Kier alpha value is -2.93. The highest BCUT2D eigenvalue weighted by molar-refractivity contribution is 7.99. The van der Waals surface area contributed by atoms with Gasteiger partial charge in [0.2, 0.25) is 11.8 Å². The minimum atomic E-state index is -0.0643. The summed E-state index contributed by atoms with van der Waals surface area (Å²) in [5, 5.41) is 11.2. The lowest BCUT2D eigenvalue weighted by Crippen LogP contribution is -2.09. The lowest BCUT2D eigenvalue weighted by molar-refractivity contribution is -0.115. The summed E-state index contributed by atoms with van der Waals surface area (Å²) in [6, 6.07) is 12.8. The van der Waals surface area contributed by atoms with Crippen LogP contribution in [0, 0.1) is 13.8 Å². The van der Waals surface area contributed by atoms with Crippen molar-refractivity contribution in [3.63, 3.8) is 0 Å². The zero-order chi connectivity index (χ0) is 20.1. The van der Waals surface area contributed by atoms with Gasteiger partial charge in [-0.3, -0.25) is 9.59 Å². The molecule has 1 aromatic heterocycles. The number of aryl methyl sites for hydroxylation is 2. The summed E-state index contributed by atoms with van der Waals surface area (Å²) in [4.78, 5) is 23.8. The van der Waals surface area contributed by atoms with Crippen molar-refractivity contribution in [1.29, 1.82) is 0 Å². The average molecular weight is 395 g/mol. The maximum absolute atomic E-state index is 12.4. The van der Waals surface area contributed by atoms with Crippen LogP contribution in [0.1, 0.15) is 34.8 Å². The highest BCUT2D eigenvalue weighted by atomic mass is 32.2. The van der Waals surface area contributed by atoms with Crippen LogP contribution in [-0.4, -0.2) is 27.6 Å². The molecular formula is C21H21N3O3S. The summed E-state index contributed by atoms with van der Waals surface area (Å²) >= 11 is 1.21. The van der Waals surface area contributed by atoms with Crippen LogP contribution in [0.15, 0.2) is 52.1 Å². The Bertz CT molecular complexity index is 996. The second kappa shape index (κ2) is 8.84.